The Bertz CT molecular complexity index is 1180. The van der Waals surface area contributed by atoms with Crippen LogP contribution >= 0.6 is 11.3 Å². The van der Waals surface area contributed by atoms with Gasteiger partial charge in [0, 0.05) is 13.1 Å². The van der Waals surface area contributed by atoms with Crippen LogP contribution in [0.3, 0.4) is 0 Å². The maximum atomic E-state index is 13.3. The summed E-state index contributed by atoms with van der Waals surface area (Å²) in [5.74, 6) is -0.0545. The number of likely N-dealkylation sites (N-methyl/N-ethyl adjacent to an activating group) is 1. The van der Waals surface area contributed by atoms with E-state index in [-0.39, 0.29) is 17.2 Å². The first-order valence-electron chi connectivity index (χ1n) is 10.8. The third kappa shape index (κ3) is 5.54. The molecular formula is C24H31N3O3S2. The molecule has 3 rings (SSSR count). The second-order valence-electron chi connectivity index (χ2n) is 8.42. The van der Waals surface area contributed by atoms with E-state index in [0.717, 1.165) is 22.2 Å². The largest absolute Gasteiger partial charge is 0.308 e. The van der Waals surface area contributed by atoms with Gasteiger partial charge < -0.3 is 4.90 Å². The molecule has 0 aliphatic carbocycles. The average molecular weight is 474 g/mol. The Kier molecular flexibility index (Phi) is 7.69. The fraction of sp³-hybridized carbons (Fsp3) is 0.417. The average Bonchev–Trinajstić information content (AvgIpc) is 3.16. The van der Waals surface area contributed by atoms with Crippen molar-refractivity contribution in [2.24, 2.45) is 0 Å². The van der Waals surface area contributed by atoms with Crippen LogP contribution in [0.4, 0.5) is 5.13 Å². The summed E-state index contributed by atoms with van der Waals surface area (Å²) in [5, 5.41) is 0.211. The van der Waals surface area contributed by atoms with Crippen LogP contribution in [0.1, 0.15) is 31.9 Å². The van der Waals surface area contributed by atoms with Crippen LogP contribution in [0.15, 0.2) is 47.4 Å². The Balaban J connectivity index is 1.85. The topological polar surface area (TPSA) is 70.6 Å². The molecule has 0 fully saturated rings. The lowest BCUT2D eigenvalue weighted by Crippen LogP contribution is -2.37. The van der Waals surface area contributed by atoms with E-state index < -0.39 is 15.1 Å². The number of sulfone groups is 1. The molecule has 2 aromatic carbocycles. The maximum absolute atomic E-state index is 13.3. The molecule has 1 aromatic heterocycles. The van der Waals surface area contributed by atoms with Crippen LogP contribution in [-0.2, 0) is 27.5 Å². The Morgan fingerprint density at radius 1 is 1.03 bits per heavy atom. The molecule has 0 unspecified atom stereocenters. The minimum absolute atomic E-state index is 0.0545. The Morgan fingerprint density at radius 3 is 2.28 bits per heavy atom. The fourth-order valence-corrected chi connectivity index (χ4v) is 5.39. The molecule has 8 heteroatoms. The minimum Gasteiger partial charge on any atom is -0.308 e. The summed E-state index contributed by atoms with van der Waals surface area (Å²) in [6.45, 7) is 6.70. The minimum atomic E-state index is -3.33. The van der Waals surface area contributed by atoms with E-state index >= 15 is 0 Å². The lowest BCUT2D eigenvalue weighted by atomic mass is 10.1. The van der Waals surface area contributed by atoms with Gasteiger partial charge in [0.05, 0.1) is 26.8 Å². The van der Waals surface area contributed by atoms with Crippen molar-refractivity contribution in [1.82, 2.24) is 9.88 Å². The van der Waals surface area contributed by atoms with Crippen molar-refractivity contribution < 1.29 is 13.2 Å². The molecule has 3 aromatic rings. The van der Waals surface area contributed by atoms with Gasteiger partial charge in [0.2, 0.25) is 5.91 Å². The van der Waals surface area contributed by atoms with E-state index in [0.29, 0.717) is 18.2 Å². The third-order valence-corrected chi connectivity index (χ3v) is 8.59. The van der Waals surface area contributed by atoms with E-state index in [1.165, 1.54) is 16.9 Å². The number of rotatable bonds is 9. The summed E-state index contributed by atoms with van der Waals surface area (Å²) < 4.78 is 25.8. The summed E-state index contributed by atoms with van der Waals surface area (Å²) >= 11 is 1.53. The number of benzene rings is 2. The van der Waals surface area contributed by atoms with Gasteiger partial charge in [-0.05, 0) is 69.8 Å². The first-order chi connectivity index (χ1) is 15.1. The predicted molar refractivity (Wildman–Crippen MR) is 132 cm³/mol. The van der Waals surface area contributed by atoms with Crippen molar-refractivity contribution in [2.75, 3.05) is 32.1 Å². The van der Waals surface area contributed by atoms with Gasteiger partial charge in [-0.2, -0.15) is 0 Å². The van der Waals surface area contributed by atoms with E-state index in [1.807, 2.05) is 25.1 Å². The molecule has 0 saturated heterocycles. The van der Waals surface area contributed by atoms with Crippen molar-refractivity contribution >= 4 is 42.4 Å². The number of nitrogens with zero attached hydrogens (tertiary/aromatic N) is 3. The molecule has 1 heterocycles. The highest BCUT2D eigenvalue weighted by atomic mass is 32.2. The number of aromatic nitrogens is 1. The van der Waals surface area contributed by atoms with Crippen molar-refractivity contribution in [3.05, 3.63) is 53.6 Å². The van der Waals surface area contributed by atoms with Gasteiger partial charge >= 0.3 is 0 Å². The van der Waals surface area contributed by atoms with Gasteiger partial charge in [0.25, 0.3) is 0 Å². The number of carbonyl (C=O) groups excluding carboxylic acids is 1. The molecule has 1 amide bonds. The molecule has 32 heavy (non-hydrogen) atoms. The van der Waals surface area contributed by atoms with Gasteiger partial charge in [0.15, 0.2) is 15.0 Å². The summed E-state index contributed by atoms with van der Waals surface area (Å²) in [6, 6.07) is 12.9. The van der Waals surface area contributed by atoms with Gasteiger partial charge in [0.1, 0.15) is 0 Å². The molecule has 0 aliphatic heterocycles. The quantitative estimate of drug-likeness (QED) is 0.466. The van der Waals surface area contributed by atoms with Crippen LogP contribution < -0.4 is 4.90 Å². The highest BCUT2D eigenvalue weighted by molar-refractivity contribution is 7.92. The standard InChI is InChI=1S/C24H31N3O3S2/c1-6-18-9-12-21-22(15-18)31-24(25-21)27(14-13-26(4)5)23(28)16-19-7-10-20(11-8-19)32(29,30)17(2)3/h7-12,15,17H,6,13-14,16H2,1-5H3. The second kappa shape index (κ2) is 10.1. The van der Waals surface area contributed by atoms with Crippen molar-refractivity contribution in [2.45, 2.75) is 43.8 Å². The third-order valence-electron chi connectivity index (χ3n) is 5.38. The Morgan fingerprint density at radius 2 is 1.69 bits per heavy atom. The second-order valence-corrected chi connectivity index (χ2v) is 11.9. The molecule has 0 radical (unpaired) electrons. The van der Waals surface area contributed by atoms with Gasteiger partial charge in [-0.1, -0.05) is 36.5 Å². The number of aryl methyl sites for hydroxylation is 1. The zero-order chi connectivity index (χ0) is 23.5. The normalized spacial score (nSPS) is 12.1. The number of hydrogen-bond donors (Lipinski definition) is 0. The Hall–Kier alpha value is -2.29. The van der Waals surface area contributed by atoms with Gasteiger partial charge in [-0.3, -0.25) is 9.69 Å². The molecule has 6 nitrogen and oxygen atoms in total. The molecule has 0 N–H and O–H groups in total. The number of carbonyl (C=O) groups is 1. The molecule has 0 saturated carbocycles. The highest BCUT2D eigenvalue weighted by Crippen LogP contribution is 2.30. The monoisotopic (exact) mass is 473 g/mol. The first kappa shape index (κ1) is 24.4. The predicted octanol–water partition coefficient (Wildman–Crippen LogP) is 4.18. The highest BCUT2D eigenvalue weighted by Gasteiger charge is 2.22. The zero-order valence-corrected chi connectivity index (χ0v) is 21.0. The lowest BCUT2D eigenvalue weighted by molar-refractivity contribution is -0.118. The van der Waals surface area contributed by atoms with Crippen molar-refractivity contribution in [3.63, 3.8) is 0 Å². The molecule has 0 aliphatic rings. The van der Waals surface area contributed by atoms with Crippen molar-refractivity contribution in [3.8, 4) is 0 Å². The smallest absolute Gasteiger partial charge is 0.233 e. The molecular weight excluding hydrogens is 442 g/mol. The van der Waals surface area contributed by atoms with E-state index in [2.05, 4.69) is 19.1 Å². The number of fused-ring (bicyclic) bond motifs is 1. The number of anilines is 1. The summed E-state index contributed by atoms with van der Waals surface area (Å²) in [5.41, 5.74) is 2.92. The molecule has 0 spiro atoms. The molecule has 172 valence electrons. The van der Waals surface area contributed by atoms with E-state index in [1.54, 1.807) is 43.0 Å². The SMILES string of the molecule is CCc1ccc2nc(N(CCN(C)C)C(=O)Cc3ccc(S(=O)(=O)C(C)C)cc3)sc2c1. The van der Waals surface area contributed by atoms with E-state index in [4.69, 9.17) is 4.98 Å². The lowest BCUT2D eigenvalue weighted by Gasteiger charge is -2.22. The first-order valence-corrected chi connectivity index (χ1v) is 13.2. The van der Waals surface area contributed by atoms with Crippen molar-refractivity contribution in [1.29, 1.82) is 0 Å². The zero-order valence-electron chi connectivity index (χ0n) is 19.3. The summed E-state index contributed by atoms with van der Waals surface area (Å²) in [4.78, 5) is 22.1. The van der Waals surface area contributed by atoms with Crippen LogP contribution in [0.2, 0.25) is 0 Å². The van der Waals surface area contributed by atoms with Crippen LogP contribution in [-0.4, -0.2) is 56.6 Å². The van der Waals surface area contributed by atoms with Crippen LogP contribution in [0, 0.1) is 0 Å². The van der Waals surface area contributed by atoms with Crippen LogP contribution in [0.5, 0.6) is 0 Å². The number of hydrogen-bond acceptors (Lipinski definition) is 6. The maximum Gasteiger partial charge on any atom is 0.233 e. The van der Waals surface area contributed by atoms with Gasteiger partial charge in [-0.15, -0.1) is 0 Å². The Labute approximate surface area is 194 Å². The summed E-state index contributed by atoms with van der Waals surface area (Å²) in [7, 11) is 0.620. The number of thiazole rings is 1. The van der Waals surface area contributed by atoms with Gasteiger partial charge in [-0.25, -0.2) is 13.4 Å². The summed E-state index contributed by atoms with van der Waals surface area (Å²) in [6.07, 6.45) is 1.14. The molecule has 0 atom stereocenters. The molecule has 0 bridgehead atoms. The fourth-order valence-electron chi connectivity index (χ4n) is 3.26. The number of amides is 1. The van der Waals surface area contributed by atoms with Crippen LogP contribution in [0.25, 0.3) is 10.2 Å². The van der Waals surface area contributed by atoms with E-state index in [9.17, 15) is 13.2 Å².